The molecule has 1 aromatic carbocycles. The number of anilines is 1. The predicted molar refractivity (Wildman–Crippen MR) is 111 cm³/mol. The van der Waals surface area contributed by atoms with Crippen LogP contribution in [-0.2, 0) is 6.42 Å². The van der Waals surface area contributed by atoms with Gasteiger partial charge >= 0.3 is 0 Å². The van der Waals surface area contributed by atoms with Crippen molar-refractivity contribution in [1.29, 1.82) is 0 Å². The number of benzene rings is 1. The third-order valence-electron chi connectivity index (χ3n) is 5.30. The largest absolute Gasteiger partial charge is 0.384 e. The van der Waals surface area contributed by atoms with Gasteiger partial charge in [-0.25, -0.2) is 4.98 Å². The van der Waals surface area contributed by atoms with Gasteiger partial charge < -0.3 is 10.2 Å². The van der Waals surface area contributed by atoms with Gasteiger partial charge in [0, 0.05) is 19.6 Å². The zero-order valence-corrected chi connectivity index (χ0v) is 16.5. The summed E-state index contributed by atoms with van der Waals surface area (Å²) in [6, 6.07) is 14.4. The van der Waals surface area contributed by atoms with Crippen molar-refractivity contribution in [3.63, 3.8) is 0 Å². The summed E-state index contributed by atoms with van der Waals surface area (Å²) >= 11 is 0. The normalized spacial score (nSPS) is 15.1. The van der Waals surface area contributed by atoms with Crippen LogP contribution < -0.4 is 5.32 Å². The molecule has 1 aromatic heterocycles. The number of hydrogen-bond acceptors (Lipinski definition) is 3. The molecular weight excluding hydrogens is 334 g/mol. The van der Waals surface area contributed by atoms with E-state index in [0.717, 1.165) is 51.0 Å². The maximum atomic E-state index is 12.7. The Balaban J connectivity index is 1.47. The Bertz CT molecular complexity index is 704. The van der Waals surface area contributed by atoms with Crippen LogP contribution >= 0.6 is 0 Å². The van der Waals surface area contributed by atoms with Crippen LogP contribution in [0.15, 0.2) is 48.7 Å². The molecule has 2 aromatic rings. The predicted octanol–water partition coefficient (Wildman–Crippen LogP) is 4.63. The number of carbonyl (C=O) groups is 1. The first-order valence-electron chi connectivity index (χ1n) is 10.1. The number of carbonyl (C=O) groups excluding carboxylic acids is 1. The topological polar surface area (TPSA) is 45.2 Å². The van der Waals surface area contributed by atoms with Gasteiger partial charge in [-0.1, -0.05) is 44.2 Å². The summed E-state index contributed by atoms with van der Waals surface area (Å²) in [6.07, 6.45) is 6.14. The van der Waals surface area contributed by atoms with Crippen LogP contribution in [0.1, 0.15) is 49.2 Å². The Morgan fingerprint density at radius 2 is 1.89 bits per heavy atom. The Morgan fingerprint density at radius 1 is 1.15 bits per heavy atom. The first-order valence-corrected chi connectivity index (χ1v) is 10.1. The number of amides is 1. The summed E-state index contributed by atoms with van der Waals surface area (Å²) in [5.41, 5.74) is 2.92. The average molecular weight is 366 g/mol. The van der Waals surface area contributed by atoms with E-state index in [2.05, 4.69) is 54.5 Å². The number of piperidine rings is 1. The molecule has 1 amide bonds. The van der Waals surface area contributed by atoms with Crippen molar-refractivity contribution in [1.82, 2.24) is 9.88 Å². The molecule has 4 heteroatoms. The standard InChI is InChI=1S/C23H31N3O/c1-18(2)10-13-24-21-8-9-22(25-17-21)23(27)26-14-11-20(12-15-26)16-19-6-4-3-5-7-19/h3-9,17-18,20,24H,10-16H2,1-2H3. The monoisotopic (exact) mass is 365 g/mol. The van der Waals surface area contributed by atoms with Gasteiger partial charge in [-0.05, 0) is 55.2 Å². The van der Waals surface area contributed by atoms with E-state index in [1.54, 1.807) is 6.20 Å². The lowest BCUT2D eigenvalue weighted by Gasteiger charge is -2.32. The molecule has 2 heterocycles. The molecular formula is C23H31N3O. The van der Waals surface area contributed by atoms with Crippen LogP contribution in [0.25, 0.3) is 0 Å². The Hall–Kier alpha value is -2.36. The van der Waals surface area contributed by atoms with Crippen LogP contribution in [0.5, 0.6) is 0 Å². The molecule has 1 saturated heterocycles. The second kappa shape index (κ2) is 9.54. The SMILES string of the molecule is CC(C)CCNc1ccc(C(=O)N2CCC(Cc3ccccc3)CC2)nc1. The van der Waals surface area contributed by atoms with Crippen molar-refractivity contribution in [2.45, 2.75) is 39.5 Å². The van der Waals surface area contributed by atoms with E-state index in [9.17, 15) is 4.79 Å². The van der Waals surface area contributed by atoms with Crippen molar-refractivity contribution in [3.8, 4) is 0 Å². The lowest BCUT2D eigenvalue weighted by atomic mass is 9.90. The van der Waals surface area contributed by atoms with Crippen LogP contribution in [-0.4, -0.2) is 35.4 Å². The van der Waals surface area contributed by atoms with Gasteiger partial charge in [-0.15, -0.1) is 0 Å². The minimum absolute atomic E-state index is 0.0573. The second-order valence-electron chi connectivity index (χ2n) is 7.97. The molecule has 3 rings (SSSR count). The average Bonchev–Trinajstić information content (AvgIpc) is 2.69. The first kappa shape index (κ1) is 19.4. The van der Waals surface area contributed by atoms with E-state index < -0.39 is 0 Å². The van der Waals surface area contributed by atoms with Gasteiger partial charge in [0.1, 0.15) is 5.69 Å². The Morgan fingerprint density at radius 3 is 2.52 bits per heavy atom. The zero-order chi connectivity index (χ0) is 19.1. The van der Waals surface area contributed by atoms with Crippen LogP contribution in [0.3, 0.4) is 0 Å². The molecule has 0 saturated carbocycles. The fraction of sp³-hybridized carbons (Fsp3) is 0.478. The zero-order valence-electron chi connectivity index (χ0n) is 16.5. The van der Waals surface area contributed by atoms with E-state index in [1.165, 1.54) is 5.56 Å². The van der Waals surface area contributed by atoms with Crippen molar-refractivity contribution in [2.24, 2.45) is 11.8 Å². The van der Waals surface area contributed by atoms with Crippen molar-refractivity contribution in [2.75, 3.05) is 25.0 Å². The van der Waals surface area contributed by atoms with Crippen molar-refractivity contribution in [3.05, 3.63) is 59.9 Å². The van der Waals surface area contributed by atoms with E-state index in [4.69, 9.17) is 0 Å². The van der Waals surface area contributed by atoms with Gasteiger partial charge in [-0.2, -0.15) is 0 Å². The van der Waals surface area contributed by atoms with Crippen LogP contribution in [0.4, 0.5) is 5.69 Å². The molecule has 0 atom stereocenters. The highest BCUT2D eigenvalue weighted by molar-refractivity contribution is 5.92. The number of rotatable bonds is 7. The molecule has 1 aliphatic rings. The quantitative estimate of drug-likeness (QED) is 0.778. The molecule has 1 N–H and O–H groups in total. The van der Waals surface area contributed by atoms with Crippen molar-refractivity contribution < 1.29 is 4.79 Å². The maximum Gasteiger partial charge on any atom is 0.272 e. The summed E-state index contributed by atoms with van der Waals surface area (Å²) in [4.78, 5) is 19.1. The number of likely N-dealkylation sites (tertiary alicyclic amines) is 1. The molecule has 144 valence electrons. The number of aromatic nitrogens is 1. The fourth-order valence-electron chi connectivity index (χ4n) is 3.58. The number of nitrogens with one attached hydrogen (secondary N) is 1. The number of nitrogens with zero attached hydrogens (tertiary/aromatic N) is 2. The summed E-state index contributed by atoms with van der Waals surface area (Å²) in [7, 11) is 0. The van der Waals surface area contributed by atoms with Crippen LogP contribution in [0, 0.1) is 11.8 Å². The summed E-state index contributed by atoms with van der Waals surface area (Å²) in [6.45, 7) is 7.01. The molecule has 0 radical (unpaired) electrons. The van der Waals surface area contributed by atoms with Gasteiger partial charge in [0.05, 0.1) is 11.9 Å². The second-order valence-corrected chi connectivity index (χ2v) is 7.97. The van der Waals surface area contributed by atoms with E-state index in [0.29, 0.717) is 17.5 Å². The maximum absolute atomic E-state index is 12.7. The highest BCUT2D eigenvalue weighted by Gasteiger charge is 2.24. The first-order chi connectivity index (χ1) is 13.1. The fourth-order valence-corrected chi connectivity index (χ4v) is 3.58. The minimum atomic E-state index is 0.0573. The van der Waals surface area contributed by atoms with Crippen LogP contribution in [0.2, 0.25) is 0 Å². The van der Waals surface area contributed by atoms with Gasteiger partial charge in [0.2, 0.25) is 0 Å². The summed E-state index contributed by atoms with van der Waals surface area (Å²) in [5, 5.41) is 3.36. The van der Waals surface area contributed by atoms with E-state index in [1.807, 2.05) is 17.0 Å². The van der Waals surface area contributed by atoms with E-state index >= 15 is 0 Å². The Labute approximate surface area is 163 Å². The summed E-state index contributed by atoms with van der Waals surface area (Å²) in [5.74, 6) is 1.40. The molecule has 0 bridgehead atoms. The minimum Gasteiger partial charge on any atom is -0.384 e. The molecule has 1 fully saturated rings. The highest BCUT2D eigenvalue weighted by atomic mass is 16.2. The highest BCUT2D eigenvalue weighted by Crippen LogP contribution is 2.22. The molecule has 1 aliphatic heterocycles. The van der Waals surface area contributed by atoms with Crippen molar-refractivity contribution >= 4 is 11.6 Å². The molecule has 0 spiro atoms. The van der Waals surface area contributed by atoms with Gasteiger partial charge in [0.15, 0.2) is 0 Å². The lowest BCUT2D eigenvalue weighted by molar-refractivity contribution is 0.0684. The molecule has 4 nitrogen and oxygen atoms in total. The van der Waals surface area contributed by atoms with E-state index in [-0.39, 0.29) is 5.91 Å². The smallest absolute Gasteiger partial charge is 0.272 e. The third kappa shape index (κ3) is 5.81. The van der Waals surface area contributed by atoms with Gasteiger partial charge in [0.25, 0.3) is 5.91 Å². The number of pyridine rings is 1. The third-order valence-corrected chi connectivity index (χ3v) is 5.30. The molecule has 0 aliphatic carbocycles. The summed E-state index contributed by atoms with van der Waals surface area (Å²) < 4.78 is 0. The number of hydrogen-bond donors (Lipinski definition) is 1. The Kier molecular flexibility index (Phi) is 6.86. The molecule has 0 unspecified atom stereocenters. The lowest BCUT2D eigenvalue weighted by Crippen LogP contribution is -2.39. The molecule has 27 heavy (non-hydrogen) atoms. The van der Waals surface area contributed by atoms with Gasteiger partial charge in [-0.3, -0.25) is 4.79 Å².